The monoisotopic (exact) mass is 549 g/mol. The van der Waals surface area contributed by atoms with Crippen molar-refractivity contribution >= 4 is 29.5 Å². The summed E-state index contributed by atoms with van der Waals surface area (Å²) in [4.78, 5) is 65.7. The van der Waals surface area contributed by atoms with Gasteiger partial charge in [0.05, 0.1) is 0 Å². The molecule has 1 aliphatic heterocycles. The summed E-state index contributed by atoms with van der Waals surface area (Å²) in [5, 5.41) is 8.28. The van der Waals surface area contributed by atoms with Crippen LogP contribution in [0.5, 0.6) is 0 Å². The molecule has 1 heterocycles. The van der Waals surface area contributed by atoms with E-state index < -0.39 is 47.8 Å². The molecular weight excluding hydrogens is 510 g/mol. The molecule has 5 amide bonds. The number of benzene rings is 2. The summed E-state index contributed by atoms with van der Waals surface area (Å²) in [6.07, 6.45) is 1.61. The van der Waals surface area contributed by atoms with E-state index in [1.54, 1.807) is 13.8 Å². The van der Waals surface area contributed by atoms with E-state index in [1.807, 2.05) is 60.7 Å². The SMILES string of the molecule is CC(=O)N1CCC[C@H]1C(=O)N[C@@H](Cc1ccccc1)C(=O)N[C@H](C(=O)N[C@@H](Cc1ccccc1)C(N)=O)C(C)C. The highest BCUT2D eigenvalue weighted by molar-refractivity contribution is 5.95. The van der Waals surface area contributed by atoms with E-state index >= 15 is 0 Å². The molecule has 2 aromatic carbocycles. The van der Waals surface area contributed by atoms with E-state index in [-0.39, 0.29) is 24.7 Å². The zero-order valence-electron chi connectivity index (χ0n) is 23.3. The summed E-state index contributed by atoms with van der Waals surface area (Å²) in [6.45, 7) is 5.45. The number of carbonyl (C=O) groups is 5. The first kappa shape index (κ1) is 30.3. The first-order valence-electron chi connectivity index (χ1n) is 13.6. The Bertz CT molecular complexity index is 1190. The van der Waals surface area contributed by atoms with Gasteiger partial charge in [-0.3, -0.25) is 24.0 Å². The van der Waals surface area contributed by atoms with Crippen LogP contribution in [-0.4, -0.2) is 65.1 Å². The quantitative estimate of drug-likeness (QED) is 0.312. The van der Waals surface area contributed by atoms with Crippen molar-refractivity contribution in [3.63, 3.8) is 0 Å². The lowest BCUT2D eigenvalue weighted by Crippen LogP contribution is -2.59. The van der Waals surface area contributed by atoms with Crippen molar-refractivity contribution in [2.75, 3.05) is 6.54 Å². The number of likely N-dealkylation sites (tertiary alicyclic amines) is 1. The molecule has 10 heteroatoms. The molecule has 2 aromatic rings. The standard InChI is InChI=1S/C30H39N5O5/c1-19(2)26(30(40)32-23(27(31)37)17-21-11-6-4-7-12-21)34-28(38)24(18-22-13-8-5-9-14-22)33-29(39)25-15-10-16-35(25)20(3)36/h4-9,11-14,19,23-26H,10,15-18H2,1-3H3,(H2,31,37)(H,32,40)(H,33,39)(H,34,38)/t23-,24-,25-,26-/m0/s1. The Morgan fingerprint density at radius 3 is 1.88 bits per heavy atom. The van der Waals surface area contributed by atoms with Gasteiger partial charge >= 0.3 is 0 Å². The Kier molecular flexibility index (Phi) is 10.8. The minimum Gasteiger partial charge on any atom is -0.368 e. The zero-order chi connectivity index (χ0) is 29.2. The summed E-state index contributed by atoms with van der Waals surface area (Å²) in [5.41, 5.74) is 7.22. The third-order valence-corrected chi connectivity index (χ3v) is 7.07. The van der Waals surface area contributed by atoms with Crippen LogP contribution in [0.25, 0.3) is 0 Å². The van der Waals surface area contributed by atoms with Gasteiger partial charge in [-0.15, -0.1) is 0 Å². The second-order valence-electron chi connectivity index (χ2n) is 10.5. The number of rotatable bonds is 12. The molecule has 1 fully saturated rings. The zero-order valence-corrected chi connectivity index (χ0v) is 23.3. The molecule has 0 radical (unpaired) electrons. The highest BCUT2D eigenvalue weighted by atomic mass is 16.2. The van der Waals surface area contributed by atoms with Gasteiger partial charge in [-0.05, 0) is 29.9 Å². The third kappa shape index (κ3) is 8.39. The molecule has 4 atom stereocenters. The molecule has 5 N–H and O–H groups in total. The first-order valence-corrected chi connectivity index (χ1v) is 13.6. The lowest BCUT2D eigenvalue weighted by molar-refractivity contribution is -0.138. The molecule has 0 bridgehead atoms. The number of hydrogen-bond acceptors (Lipinski definition) is 5. The van der Waals surface area contributed by atoms with Crippen LogP contribution in [0.2, 0.25) is 0 Å². The fourth-order valence-electron chi connectivity index (χ4n) is 4.87. The van der Waals surface area contributed by atoms with Crippen LogP contribution in [0.3, 0.4) is 0 Å². The fraction of sp³-hybridized carbons (Fsp3) is 0.433. The Morgan fingerprint density at radius 1 is 0.825 bits per heavy atom. The molecule has 40 heavy (non-hydrogen) atoms. The van der Waals surface area contributed by atoms with Gasteiger partial charge in [0.15, 0.2) is 0 Å². The summed E-state index contributed by atoms with van der Waals surface area (Å²) in [6, 6.07) is 14.8. The maximum atomic E-state index is 13.6. The molecule has 0 aromatic heterocycles. The summed E-state index contributed by atoms with van der Waals surface area (Å²) in [7, 11) is 0. The van der Waals surface area contributed by atoms with Crippen LogP contribution < -0.4 is 21.7 Å². The van der Waals surface area contributed by atoms with Gasteiger partial charge < -0.3 is 26.6 Å². The Hall–Kier alpha value is -4.21. The van der Waals surface area contributed by atoms with Crippen molar-refractivity contribution in [1.29, 1.82) is 0 Å². The number of amides is 5. The van der Waals surface area contributed by atoms with Crippen molar-refractivity contribution in [1.82, 2.24) is 20.9 Å². The number of hydrogen-bond donors (Lipinski definition) is 4. The van der Waals surface area contributed by atoms with Crippen molar-refractivity contribution in [3.05, 3.63) is 71.8 Å². The maximum absolute atomic E-state index is 13.6. The Labute approximate surface area is 235 Å². The molecule has 1 aliphatic rings. The van der Waals surface area contributed by atoms with Gasteiger partial charge in [-0.1, -0.05) is 74.5 Å². The highest BCUT2D eigenvalue weighted by Gasteiger charge is 2.36. The molecular formula is C30H39N5O5. The normalized spacial score (nSPS) is 17.0. The van der Waals surface area contributed by atoms with E-state index in [4.69, 9.17) is 5.73 Å². The van der Waals surface area contributed by atoms with Crippen molar-refractivity contribution < 1.29 is 24.0 Å². The lowest BCUT2D eigenvalue weighted by atomic mass is 9.99. The largest absolute Gasteiger partial charge is 0.368 e. The summed E-state index contributed by atoms with van der Waals surface area (Å²) >= 11 is 0. The molecule has 1 saturated heterocycles. The van der Waals surface area contributed by atoms with Gasteiger partial charge in [-0.2, -0.15) is 0 Å². The van der Waals surface area contributed by atoms with Crippen LogP contribution in [0, 0.1) is 5.92 Å². The van der Waals surface area contributed by atoms with Crippen molar-refractivity contribution in [2.24, 2.45) is 11.7 Å². The van der Waals surface area contributed by atoms with E-state index in [9.17, 15) is 24.0 Å². The highest BCUT2D eigenvalue weighted by Crippen LogP contribution is 2.18. The minimum atomic E-state index is -0.991. The average molecular weight is 550 g/mol. The topological polar surface area (TPSA) is 151 Å². The Balaban J connectivity index is 1.76. The van der Waals surface area contributed by atoms with E-state index in [0.29, 0.717) is 19.4 Å². The fourth-order valence-corrected chi connectivity index (χ4v) is 4.87. The van der Waals surface area contributed by atoms with E-state index in [1.165, 1.54) is 11.8 Å². The first-order chi connectivity index (χ1) is 19.1. The molecule has 3 rings (SSSR count). The van der Waals surface area contributed by atoms with Crippen LogP contribution in [0.15, 0.2) is 60.7 Å². The number of nitrogens with two attached hydrogens (primary N) is 1. The summed E-state index contributed by atoms with van der Waals surface area (Å²) in [5.74, 6) is -2.72. The lowest BCUT2D eigenvalue weighted by Gasteiger charge is -2.28. The molecule has 10 nitrogen and oxygen atoms in total. The maximum Gasteiger partial charge on any atom is 0.243 e. The second-order valence-corrected chi connectivity index (χ2v) is 10.5. The van der Waals surface area contributed by atoms with Gasteiger partial charge in [0.1, 0.15) is 24.2 Å². The molecule has 0 saturated carbocycles. The van der Waals surface area contributed by atoms with Crippen LogP contribution in [0.1, 0.15) is 44.7 Å². The summed E-state index contributed by atoms with van der Waals surface area (Å²) < 4.78 is 0. The Morgan fingerprint density at radius 2 is 1.38 bits per heavy atom. The van der Waals surface area contributed by atoms with Crippen molar-refractivity contribution in [3.8, 4) is 0 Å². The number of carbonyl (C=O) groups excluding carboxylic acids is 5. The van der Waals surface area contributed by atoms with Gasteiger partial charge in [-0.25, -0.2) is 0 Å². The van der Waals surface area contributed by atoms with Crippen LogP contribution in [0.4, 0.5) is 0 Å². The molecule has 0 aliphatic carbocycles. The van der Waals surface area contributed by atoms with Gasteiger partial charge in [0.25, 0.3) is 0 Å². The number of nitrogens with one attached hydrogen (secondary N) is 3. The second kappa shape index (κ2) is 14.3. The van der Waals surface area contributed by atoms with E-state index in [0.717, 1.165) is 11.1 Å². The average Bonchev–Trinajstić information content (AvgIpc) is 3.42. The van der Waals surface area contributed by atoms with E-state index in [2.05, 4.69) is 16.0 Å². The van der Waals surface area contributed by atoms with Gasteiger partial charge in [0.2, 0.25) is 29.5 Å². The molecule has 0 spiro atoms. The predicted octanol–water partition coefficient (Wildman–Crippen LogP) is 1.08. The third-order valence-electron chi connectivity index (χ3n) is 7.07. The van der Waals surface area contributed by atoms with Crippen molar-refractivity contribution in [2.45, 2.75) is 70.6 Å². The van der Waals surface area contributed by atoms with Crippen LogP contribution in [-0.2, 0) is 36.8 Å². The molecule has 214 valence electrons. The van der Waals surface area contributed by atoms with Gasteiger partial charge in [0, 0.05) is 26.3 Å². The predicted molar refractivity (Wildman–Crippen MR) is 151 cm³/mol. The number of nitrogens with zero attached hydrogens (tertiary/aromatic N) is 1. The number of primary amides is 1. The smallest absolute Gasteiger partial charge is 0.243 e. The van der Waals surface area contributed by atoms with Crippen LogP contribution >= 0.6 is 0 Å². The molecule has 0 unspecified atom stereocenters. The minimum absolute atomic E-state index is 0.190.